The molecule has 0 amide bonds. The second kappa shape index (κ2) is 6.18. The van der Waals surface area contributed by atoms with Gasteiger partial charge in [-0.2, -0.15) is 5.10 Å². The van der Waals surface area contributed by atoms with Crippen molar-refractivity contribution >= 4 is 46.1 Å². The number of aromatic amines is 1. The van der Waals surface area contributed by atoms with Crippen molar-refractivity contribution in [1.29, 1.82) is 0 Å². The van der Waals surface area contributed by atoms with Crippen LogP contribution in [0.2, 0.25) is 0 Å². The maximum atomic E-state index is 11.2. The molecule has 0 aliphatic carbocycles. The zero-order valence-electron chi connectivity index (χ0n) is 12.5. The van der Waals surface area contributed by atoms with Crippen molar-refractivity contribution in [2.75, 3.05) is 5.75 Å². The smallest absolute Gasteiger partial charge is 0.408 e. The number of hydrazone groups is 1. The Balaban J connectivity index is 0.00000176. The number of halogens is 1. The SMILES string of the molecule is CC(C)(C)N=C1NN=C(c2ccc3[nH]c(=O)oc3c2)CS1.Cl. The highest BCUT2D eigenvalue weighted by molar-refractivity contribution is 8.14. The van der Waals surface area contributed by atoms with E-state index in [9.17, 15) is 4.79 Å². The van der Waals surface area contributed by atoms with Crippen molar-refractivity contribution in [3.8, 4) is 0 Å². The number of H-pyrrole nitrogens is 1. The molecule has 0 bridgehead atoms. The topological polar surface area (TPSA) is 82.8 Å². The minimum Gasteiger partial charge on any atom is -0.408 e. The van der Waals surface area contributed by atoms with Crippen LogP contribution >= 0.6 is 24.2 Å². The van der Waals surface area contributed by atoms with Crippen molar-refractivity contribution < 1.29 is 4.42 Å². The average Bonchev–Trinajstić information content (AvgIpc) is 2.76. The molecule has 0 atom stereocenters. The molecule has 0 unspecified atom stereocenters. The van der Waals surface area contributed by atoms with Gasteiger partial charge in [-0.3, -0.25) is 15.4 Å². The molecule has 8 heteroatoms. The second-order valence-corrected chi connectivity index (χ2v) is 6.74. The molecule has 0 spiro atoms. The molecule has 118 valence electrons. The van der Waals surface area contributed by atoms with E-state index in [4.69, 9.17) is 4.42 Å². The van der Waals surface area contributed by atoms with E-state index in [0.717, 1.165) is 22.2 Å². The lowest BCUT2D eigenvalue weighted by Gasteiger charge is -2.19. The molecule has 1 aliphatic heterocycles. The molecule has 1 aromatic carbocycles. The second-order valence-electron chi connectivity index (χ2n) is 5.77. The van der Waals surface area contributed by atoms with Crippen LogP contribution in [0.3, 0.4) is 0 Å². The predicted octanol–water partition coefficient (Wildman–Crippen LogP) is 2.74. The molecule has 1 aromatic heterocycles. The Morgan fingerprint density at radius 3 is 2.77 bits per heavy atom. The number of thioether (sulfide) groups is 1. The Morgan fingerprint density at radius 2 is 2.14 bits per heavy atom. The maximum Gasteiger partial charge on any atom is 0.417 e. The molecule has 3 rings (SSSR count). The number of nitrogens with one attached hydrogen (secondary N) is 2. The molecule has 0 fully saturated rings. The predicted molar refractivity (Wildman–Crippen MR) is 93.4 cm³/mol. The van der Waals surface area contributed by atoms with Crippen molar-refractivity contribution in [3.63, 3.8) is 0 Å². The Hall–Kier alpha value is -1.73. The summed E-state index contributed by atoms with van der Waals surface area (Å²) in [7, 11) is 0. The standard InChI is InChI=1S/C14H16N4O2S.ClH/c1-14(2,3)16-12-18-17-10(7-21-12)8-4-5-9-11(6-8)20-13(19)15-9;/h4-6H,7H2,1-3H3,(H,15,19)(H,16,18);1H. The molecule has 6 nitrogen and oxygen atoms in total. The summed E-state index contributed by atoms with van der Waals surface area (Å²) >= 11 is 1.61. The van der Waals surface area contributed by atoms with Gasteiger partial charge in [0.25, 0.3) is 0 Å². The van der Waals surface area contributed by atoms with E-state index in [1.165, 1.54) is 0 Å². The molecule has 0 radical (unpaired) electrons. The third-order valence-electron chi connectivity index (χ3n) is 2.82. The largest absolute Gasteiger partial charge is 0.417 e. The first-order chi connectivity index (χ1) is 9.90. The van der Waals surface area contributed by atoms with Gasteiger partial charge in [0.2, 0.25) is 0 Å². The quantitative estimate of drug-likeness (QED) is 0.836. The Bertz CT molecular complexity index is 801. The van der Waals surface area contributed by atoms with Crippen LogP contribution in [0.25, 0.3) is 11.1 Å². The van der Waals surface area contributed by atoms with Crippen LogP contribution in [0.15, 0.2) is 37.5 Å². The zero-order valence-corrected chi connectivity index (χ0v) is 14.1. The molecule has 2 aromatic rings. The fraction of sp³-hybridized carbons (Fsp3) is 0.357. The number of benzene rings is 1. The van der Waals surface area contributed by atoms with Crippen LogP contribution in [-0.2, 0) is 0 Å². The first-order valence-corrected chi connectivity index (χ1v) is 7.58. The molecule has 0 saturated carbocycles. The van der Waals surface area contributed by atoms with E-state index in [-0.39, 0.29) is 17.9 Å². The number of hydrogen-bond acceptors (Lipinski definition) is 5. The summed E-state index contributed by atoms with van der Waals surface area (Å²) in [4.78, 5) is 18.3. The number of aromatic nitrogens is 1. The number of rotatable bonds is 1. The summed E-state index contributed by atoms with van der Waals surface area (Å²) in [6.07, 6.45) is 0. The average molecular weight is 341 g/mol. The zero-order chi connectivity index (χ0) is 15.0. The van der Waals surface area contributed by atoms with E-state index >= 15 is 0 Å². The number of oxazole rings is 1. The number of aliphatic imine (C=N–C) groups is 1. The summed E-state index contributed by atoms with van der Waals surface area (Å²) in [5.41, 5.74) is 5.91. The van der Waals surface area contributed by atoms with E-state index in [0.29, 0.717) is 11.1 Å². The van der Waals surface area contributed by atoms with Gasteiger partial charge in [-0.1, -0.05) is 17.8 Å². The van der Waals surface area contributed by atoms with Crippen LogP contribution in [0.5, 0.6) is 0 Å². The molecule has 0 saturated heterocycles. The van der Waals surface area contributed by atoms with E-state index in [1.54, 1.807) is 11.8 Å². The fourth-order valence-corrected chi connectivity index (χ4v) is 2.90. The Labute approximate surface area is 137 Å². The minimum absolute atomic E-state index is 0. The van der Waals surface area contributed by atoms with Crippen molar-refractivity contribution in [2.24, 2.45) is 10.1 Å². The van der Waals surface area contributed by atoms with Crippen LogP contribution in [-0.4, -0.2) is 27.2 Å². The summed E-state index contributed by atoms with van der Waals surface area (Å²) in [6.45, 7) is 6.13. The minimum atomic E-state index is -0.445. The van der Waals surface area contributed by atoms with Gasteiger partial charge in [0.05, 0.1) is 16.8 Å². The van der Waals surface area contributed by atoms with E-state index in [1.807, 2.05) is 39.0 Å². The molecule has 2 heterocycles. The summed E-state index contributed by atoms with van der Waals surface area (Å²) in [6, 6.07) is 5.56. The highest BCUT2D eigenvalue weighted by Gasteiger charge is 2.17. The molecular weight excluding hydrogens is 324 g/mol. The Kier molecular flexibility index (Phi) is 4.67. The van der Waals surface area contributed by atoms with Crippen LogP contribution in [0.4, 0.5) is 0 Å². The summed E-state index contributed by atoms with van der Waals surface area (Å²) < 4.78 is 5.07. The van der Waals surface area contributed by atoms with Crippen LogP contribution in [0, 0.1) is 0 Å². The molecule has 22 heavy (non-hydrogen) atoms. The van der Waals surface area contributed by atoms with E-state index < -0.39 is 5.76 Å². The van der Waals surface area contributed by atoms with Gasteiger partial charge in [-0.05, 0) is 32.9 Å². The van der Waals surface area contributed by atoms with Gasteiger partial charge in [0.1, 0.15) is 0 Å². The number of fused-ring (bicyclic) bond motifs is 1. The van der Waals surface area contributed by atoms with Gasteiger partial charge >= 0.3 is 5.76 Å². The third-order valence-corrected chi connectivity index (χ3v) is 3.70. The lowest BCUT2D eigenvalue weighted by molar-refractivity contribution is 0.555. The number of amidine groups is 1. The highest BCUT2D eigenvalue weighted by Crippen LogP contribution is 2.19. The first-order valence-electron chi connectivity index (χ1n) is 6.59. The van der Waals surface area contributed by atoms with Gasteiger partial charge < -0.3 is 4.42 Å². The Morgan fingerprint density at radius 1 is 1.36 bits per heavy atom. The monoisotopic (exact) mass is 340 g/mol. The normalized spacial score (nSPS) is 17.0. The van der Waals surface area contributed by atoms with Gasteiger partial charge in [0, 0.05) is 11.3 Å². The van der Waals surface area contributed by atoms with Crippen molar-refractivity contribution in [3.05, 3.63) is 34.3 Å². The third kappa shape index (κ3) is 3.72. The lowest BCUT2D eigenvalue weighted by Crippen LogP contribution is -2.28. The first kappa shape index (κ1) is 16.6. The van der Waals surface area contributed by atoms with Crippen LogP contribution in [0.1, 0.15) is 26.3 Å². The van der Waals surface area contributed by atoms with Gasteiger partial charge in [-0.15, -0.1) is 12.4 Å². The summed E-state index contributed by atoms with van der Waals surface area (Å²) in [5, 5.41) is 5.18. The number of nitrogens with zero attached hydrogens (tertiary/aromatic N) is 2. The highest BCUT2D eigenvalue weighted by atomic mass is 35.5. The van der Waals surface area contributed by atoms with Crippen molar-refractivity contribution in [1.82, 2.24) is 10.4 Å². The number of hydrogen-bond donors (Lipinski definition) is 2. The van der Waals surface area contributed by atoms with Gasteiger partial charge in [0.15, 0.2) is 10.8 Å². The maximum absolute atomic E-state index is 11.2. The summed E-state index contributed by atoms with van der Waals surface area (Å²) in [5.74, 6) is 0.280. The van der Waals surface area contributed by atoms with Gasteiger partial charge in [-0.25, -0.2) is 4.79 Å². The molecule has 2 N–H and O–H groups in total. The lowest BCUT2D eigenvalue weighted by atomic mass is 10.1. The van der Waals surface area contributed by atoms with Crippen molar-refractivity contribution in [2.45, 2.75) is 26.3 Å². The fourth-order valence-electron chi connectivity index (χ4n) is 1.95. The molecule has 1 aliphatic rings. The van der Waals surface area contributed by atoms with E-state index in [2.05, 4.69) is 20.5 Å². The van der Waals surface area contributed by atoms with Crippen LogP contribution < -0.4 is 11.2 Å². The molecular formula is C14H17ClN4O2S.